The molecule has 2 N–H and O–H groups in total. The average molecular weight is 343 g/mol. The van der Waals surface area contributed by atoms with Crippen LogP contribution >= 0.6 is 15.9 Å². The first-order valence-corrected chi connectivity index (χ1v) is 7.77. The molecular formula is C15H23BrN2O2. The molecule has 0 aromatic heterocycles. The van der Waals surface area contributed by atoms with Gasteiger partial charge in [0.05, 0.1) is 12.2 Å². The predicted octanol–water partition coefficient (Wildman–Crippen LogP) is 1.83. The van der Waals surface area contributed by atoms with Crippen molar-refractivity contribution in [2.45, 2.75) is 26.1 Å². The summed E-state index contributed by atoms with van der Waals surface area (Å²) in [7, 11) is 0. The summed E-state index contributed by atoms with van der Waals surface area (Å²) in [5.41, 5.74) is 1.46. The molecule has 1 aromatic carbocycles. The van der Waals surface area contributed by atoms with Crippen LogP contribution in [0, 0.1) is 0 Å². The molecule has 0 unspecified atom stereocenters. The third kappa shape index (κ3) is 4.19. The summed E-state index contributed by atoms with van der Waals surface area (Å²) in [5.74, 6) is 0. The third-order valence-electron chi connectivity index (χ3n) is 3.55. The van der Waals surface area contributed by atoms with E-state index in [4.69, 9.17) is 0 Å². The Balaban J connectivity index is 1.95. The van der Waals surface area contributed by atoms with E-state index in [1.165, 1.54) is 5.69 Å². The molecule has 1 heterocycles. The Kier molecular flexibility index (Phi) is 5.07. The van der Waals surface area contributed by atoms with Crippen LogP contribution in [0.5, 0.6) is 0 Å². The SMILES string of the molecule is CC(C)(O)CN1CCN(c2ccc(CO)c(Br)c2)CC1. The van der Waals surface area contributed by atoms with Crippen LogP contribution in [0.3, 0.4) is 0 Å². The van der Waals surface area contributed by atoms with Gasteiger partial charge in [0.25, 0.3) is 0 Å². The average Bonchev–Trinajstić information content (AvgIpc) is 2.37. The maximum Gasteiger partial charge on any atom is 0.0718 e. The molecule has 1 aliphatic heterocycles. The van der Waals surface area contributed by atoms with Crippen molar-refractivity contribution in [2.75, 3.05) is 37.6 Å². The van der Waals surface area contributed by atoms with Crippen LogP contribution in [0.2, 0.25) is 0 Å². The lowest BCUT2D eigenvalue weighted by Gasteiger charge is -2.38. The molecule has 0 saturated carbocycles. The summed E-state index contributed by atoms with van der Waals surface area (Å²) in [6, 6.07) is 6.09. The van der Waals surface area contributed by atoms with Crippen LogP contribution in [0.15, 0.2) is 22.7 Å². The van der Waals surface area contributed by atoms with Crippen molar-refractivity contribution < 1.29 is 10.2 Å². The predicted molar refractivity (Wildman–Crippen MR) is 85.0 cm³/mol. The molecule has 1 fully saturated rings. The van der Waals surface area contributed by atoms with Crippen LogP contribution in [0.4, 0.5) is 5.69 Å². The van der Waals surface area contributed by atoms with E-state index in [1.54, 1.807) is 0 Å². The first-order chi connectivity index (χ1) is 9.39. The van der Waals surface area contributed by atoms with Gasteiger partial charge in [-0.15, -0.1) is 0 Å². The standard InChI is InChI=1S/C15H23BrN2O2/c1-15(2,20)11-17-5-7-18(8-6-17)13-4-3-12(10-19)14(16)9-13/h3-4,9,19-20H,5-8,10-11H2,1-2H3. The first-order valence-electron chi connectivity index (χ1n) is 6.98. The van der Waals surface area contributed by atoms with Gasteiger partial charge in [0.1, 0.15) is 0 Å². The molecule has 0 spiro atoms. The van der Waals surface area contributed by atoms with Gasteiger partial charge in [0.15, 0.2) is 0 Å². The van der Waals surface area contributed by atoms with Crippen molar-refractivity contribution in [3.05, 3.63) is 28.2 Å². The number of aliphatic hydroxyl groups excluding tert-OH is 1. The second kappa shape index (κ2) is 6.43. The topological polar surface area (TPSA) is 46.9 Å². The van der Waals surface area contributed by atoms with Crippen molar-refractivity contribution in [2.24, 2.45) is 0 Å². The van der Waals surface area contributed by atoms with E-state index in [9.17, 15) is 10.2 Å². The van der Waals surface area contributed by atoms with Crippen molar-refractivity contribution in [3.8, 4) is 0 Å². The highest BCUT2D eigenvalue weighted by Gasteiger charge is 2.22. The number of piperazine rings is 1. The van der Waals surface area contributed by atoms with E-state index in [1.807, 2.05) is 19.9 Å². The third-order valence-corrected chi connectivity index (χ3v) is 4.29. The molecular weight excluding hydrogens is 320 g/mol. The molecule has 4 nitrogen and oxygen atoms in total. The molecule has 0 bridgehead atoms. The van der Waals surface area contributed by atoms with Crippen LogP contribution in [0.1, 0.15) is 19.4 Å². The number of benzene rings is 1. The molecule has 0 radical (unpaired) electrons. The number of hydrogen-bond donors (Lipinski definition) is 2. The smallest absolute Gasteiger partial charge is 0.0718 e. The van der Waals surface area contributed by atoms with Crippen LogP contribution in [0.25, 0.3) is 0 Å². The molecule has 112 valence electrons. The van der Waals surface area contributed by atoms with Gasteiger partial charge in [-0.3, -0.25) is 4.90 Å². The Morgan fingerprint density at radius 2 is 1.85 bits per heavy atom. The summed E-state index contributed by atoms with van der Waals surface area (Å²) in [4.78, 5) is 4.64. The van der Waals surface area contributed by atoms with Crippen molar-refractivity contribution in [3.63, 3.8) is 0 Å². The van der Waals surface area contributed by atoms with Gasteiger partial charge >= 0.3 is 0 Å². The van der Waals surface area contributed by atoms with Crippen LogP contribution < -0.4 is 4.90 Å². The number of rotatable bonds is 4. The lowest BCUT2D eigenvalue weighted by Crippen LogP contribution is -2.50. The summed E-state index contributed by atoms with van der Waals surface area (Å²) >= 11 is 3.50. The van der Waals surface area contributed by atoms with Gasteiger partial charge in [-0.25, -0.2) is 0 Å². The Morgan fingerprint density at radius 1 is 1.20 bits per heavy atom. The number of β-amino-alcohol motifs (C(OH)–C–C–N with tert-alkyl or cyclic N) is 1. The molecule has 5 heteroatoms. The Hall–Kier alpha value is -0.620. The minimum absolute atomic E-state index is 0.0558. The van der Waals surface area contributed by atoms with Crippen LogP contribution in [-0.4, -0.2) is 53.4 Å². The minimum atomic E-state index is -0.631. The molecule has 1 aromatic rings. The lowest BCUT2D eigenvalue weighted by molar-refractivity contribution is 0.0345. The molecule has 0 aliphatic carbocycles. The zero-order valence-corrected chi connectivity index (χ0v) is 13.7. The Bertz CT molecular complexity index is 452. The van der Waals surface area contributed by atoms with E-state index in [0.717, 1.165) is 36.2 Å². The van der Waals surface area contributed by atoms with Gasteiger partial charge in [-0.1, -0.05) is 22.0 Å². The number of anilines is 1. The highest BCUT2D eigenvalue weighted by Crippen LogP contribution is 2.25. The molecule has 1 aliphatic rings. The fourth-order valence-electron chi connectivity index (χ4n) is 2.57. The minimum Gasteiger partial charge on any atom is -0.392 e. The highest BCUT2D eigenvalue weighted by atomic mass is 79.9. The van der Waals surface area contributed by atoms with Gasteiger partial charge in [0.2, 0.25) is 0 Å². The van der Waals surface area contributed by atoms with Gasteiger partial charge in [-0.05, 0) is 31.5 Å². The van der Waals surface area contributed by atoms with E-state index in [2.05, 4.69) is 37.9 Å². The highest BCUT2D eigenvalue weighted by molar-refractivity contribution is 9.10. The number of halogens is 1. The van der Waals surface area contributed by atoms with E-state index < -0.39 is 5.60 Å². The second-order valence-electron chi connectivity index (χ2n) is 6.01. The fourth-order valence-corrected chi connectivity index (χ4v) is 3.06. The normalized spacial score (nSPS) is 17.6. The second-order valence-corrected chi connectivity index (χ2v) is 6.86. The molecule has 0 atom stereocenters. The fraction of sp³-hybridized carbons (Fsp3) is 0.600. The Labute approximate surface area is 129 Å². The zero-order valence-electron chi connectivity index (χ0n) is 12.1. The van der Waals surface area contributed by atoms with Gasteiger partial charge in [0, 0.05) is 42.9 Å². The number of aliphatic hydroxyl groups is 2. The van der Waals surface area contributed by atoms with E-state index in [-0.39, 0.29) is 6.61 Å². The molecule has 0 amide bonds. The summed E-state index contributed by atoms with van der Waals surface area (Å²) in [6.45, 7) is 8.32. The van der Waals surface area contributed by atoms with E-state index in [0.29, 0.717) is 6.54 Å². The number of hydrogen-bond acceptors (Lipinski definition) is 4. The maximum absolute atomic E-state index is 9.86. The lowest BCUT2D eigenvalue weighted by atomic mass is 10.1. The van der Waals surface area contributed by atoms with Crippen molar-refractivity contribution in [1.82, 2.24) is 4.90 Å². The van der Waals surface area contributed by atoms with Crippen molar-refractivity contribution in [1.29, 1.82) is 0 Å². The molecule has 1 saturated heterocycles. The van der Waals surface area contributed by atoms with Gasteiger partial charge in [-0.2, -0.15) is 0 Å². The van der Waals surface area contributed by atoms with Gasteiger partial charge < -0.3 is 15.1 Å². The first kappa shape index (κ1) is 15.8. The monoisotopic (exact) mass is 342 g/mol. The molecule has 20 heavy (non-hydrogen) atoms. The Morgan fingerprint density at radius 3 is 2.35 bits per heavy atom. The molecule has 2 rings (SSSR count). The van der Waals surface area contributed by atoms with Crippen LogP contribution in [-0.2, 0) is 6.61 Å². The van der Waals surface area contributed by atoms with E-state index >= 15 is 0 Å². The maximum atomic E-state index is 9.86. The largest absolute Gasteiger partial charge is 0.392 e. The summed E-state index contributed by atoms with van der Waals surface area (Å²) < 4.78 is 0.955. The summed E-state index contributed by atoms with van der Waals surface area (Å²) in [6.07, 6.45) is 0. The number of nitrogens with zero attached hydrogens (tertiary/aromatic N) is 2. The zero-order chi connectivity index (χ0) is 14.8. The summed E-state index contributed by atoms with van der Waals surface area (Å²) in [5, 5.41) is 19.1. The van der Waals surface area contributed by atoms with Crippen molar-refractivity contribution >= 4 is 21.6 Å². The quantitative estimate of drug-likeness (QED) is 0.876.